The Morgan fingerprint density at radius 1 is 0.852 bits per heavy atom. The molecule has 0 aliphatic rings. The molecule has 27 heavy (non-hydrogen) atoms. The van der Waals surface area contributed by atoms with Gasteiger partial charge in [-0.05, 0) is 35.9 Å². The van der Waals surface area contributed by atoms with Gasteiger partial charge in [-0.25, -0.2) is 9.97 Å². The van der Waals surface area contributed by atoms with Crippen LogP contribution in [0.1, 0.15) is 5.56 Å². The molecular formula is C22H17Cl2N3. The lowest BCUT2D eigenvalue weighted by atomic mass is 10.1. The molecule has 0 atom stereocenters. The fourth-order valence-corrected chi connectivity index (χ4v) is 3.57. The third-order valence-electron chi connectivity index (χ3n) is 4.38. The number of benzene rings is 3. The molecule has 0 radical (unpaired) electrons. The predicted molar refractivity (Wildman–Crippen MR) is 114 cm³/mol. The number of hydrogen-bond donors (Lipinski definition) is 0. The van der Waals surface area contributed by atoms with Gasteiger partial charge in [-0.15, -0.1) is 0 Å². The zero-order chi connectivity index (χ0) is 18.8. The van der Waals surface area contributed by atoms with Crippen LogP contribution >= 0.6 is 23.2 Å². The average molecular weight is 394 g/mol. The maximum absolute atomic E-state index is 6.40. The van der Waals surface area contributed by atoms with E-state index in [1.165, 1.54) is 5.56 Å². The van der Waals surface area contributed by atoms with Crippen LogP contribution in [0.15, 0.2) is 72.8 Å². The van der Waals surface area contributed by atoms with E-state index in [0.29, 0.717) is 15.9 Å². The quantitative estimate of drug-likeness (QED) is 0.410. The Bertz CT molecular complexity index is 1100. The van der Waals surface area contributed by atoms with Gasteiger partial charge in [-0.1, -0.05) is 65.7 Å². The first kappa shape index (κ1) is 17.8. The second-order valence-electron chi connectivity index (χ2n) is 6.35. The van der Waals surface area contributed by atoms with Gasteiger partial charge < -0.3 is 4.90 Å². The first-order valence-electron chi connectivity index (χ1n) is 8.59. The van der Waals surface area contributed by atoms with Crippen molar-refractivity contribution in [3.05, 3.63) is 88.4 Å². The predicted octanol–water partition coefficient (Wildman–Crippen LogP) is 6.24. The smallest absolute Gasteiger partial charge is 0.163 e. The highest BCUT2D eigenvalue weighted by Gasteiger charge is 2.15. The van der Waals surface area contributed by atoms with E-state index in [-0.39, 0.29) is 0 Å². The largest absolute Gasteiger partial charge is 0.355 e. The Morgan fingerprint density at radius 3 is 2.37 bits per heavy atom. The van der Waals surface area contributed by atoms with Gasteiger partial charge in [0.05, 0.1) is 10.5 Å². The summed E-state index contributed by atoms with van der Waals surface area (Å²) in [6, 6.07) is 23.7. The summed E-state index contributed by atoms with van der Waals surface area (Å²) in [7, 11) is 2.04. The molecule has 0 saturated carbocycles. The SMILES string of the molecule is CN(Cc1ccccc1)c1nc(-c2ccc(Cl)cc2Cl)nc2ccccc12. The summed E-state index contributed by atoms with van der Waals surface area (Å²) in [5.41, 5.74) is 2.86. The molecule has 0 aliphatic heterocycles. The van der Waals surface area contributed by atoms with Crippen LogP contribution in [0.3, 0.4) is 0 Å². The Morgan fingerprint density at radius 2 is 1.59 bits per heavy atom. The van der Waals surface area contributed by atoms with Crippen molar-refractivity contribution in [3.8, 4) is 11.4 Å². The number of nitrogens with zero attached hydrogens (tertiary/aromatic N) is 3. The summed E-state index contributed by atoms with van der Waals surface area (Å²) >= 11 is 12.4. The van der Waals surface area contributed by atoms with E-state index in [2.05, 4.69) is 17.0 Å². The highest BCUT2D eigenvalue weighted by Crippen LogP contribution is 2.32. The molecule has 3 aromatic carbocycles. The lowest BCUT2D eigenvalue weighted by molar-refractivity contribution is 0.902. The van der Waals surface area contributed by atoms with Crippen LogP contribution in [0.25, 0.3) is 22.3 Å². The molecule has 5 heteroatoms. The Hall–Kier alpha value is -2.62. The van der Waals surface area contributed by atoms with Gasteiger partial charge in [0.2, 0.25) is 0 Å². The molecule has 1 heterocycles. The number of halogens is 2. The fraction of sp³-hybridized carbons (Fsp3) is 0.0909. The summed E-state index contributed by atoms with van der Waals surface area (Å²) in [5.74, 6) is 1.45. The van der Waals surface area contributed by atoms with E-state index in [9.17, 15) is 0 Å². The minimum Gasteiger partial charge on any atom is -0.355 e. The fourth-order valence-electron chi connectivity index (χ4n) is 3.07. The second-order valence-corrected chi connectivity index (χ2v) is 7.20. The molecule has 4 aromatic rings. The third kappa shape index (κ3) is 3.75. The molecule has 0 saturated heterocycles. The molecule has 0 fully saturated rings. The molecule has 3 nitrogen and oxygen atoms in total. The lowest BCUT2D eigenvalue weighted by Crippen LogP contribution is -2.18. The minimum absolute atomic E-state index is 0.537. The number of hydrogen-bond acceptors (Lipinski definition) is 3. The van der Waals surface area contributed by atoms with Crippen LogP contribution in [0.5, 0.6) is 0 Å². The van der Waals surface area contributed by atoms with Crippen LogP contribution in [0.2, 0.25) is 10.0 Å². The van der Waals surface area contributed by atoms with Gasteiger partial charge >= 0.3 is 0 Å². The van der Waals surface area contributed by atoms with Crippen molar-refractivity contribution >= 4 is 39.9 Å². The summed E-state index contributed by atoms with van der Waals surface area (Å²) in [6.07, 6.45) is 0. The van der Waals surface area contributed by atoms with Gasteiger partial charge in [0.15, 0.2) is 5.82 Å². The monoisotopic (exact) mass is 393 g/mol. The van der Waals surface area contributed by atoms with E-state index < -0.39 is 0 Å². The van der Waals surface area contributed by atoms with Crippen molar-refractivity contribution in [1.82, 2.24) is 9.97 Å². The summed E-state index contributed by atoms with van der Waals surface area (Å²) in [6.45, 7) is 0.746. The minimum atomic E-state index is 0.537. The van der Waals surface area contributed by atoms with E-state index in [0.717, 1.165) is 28.8 Å². The average Bonchev–Trinajstić information content (AvgIpc) is 2.68. The number of rotatable bonds is 4. The van der Waals surface area contributed by atoms with E-state index in [1.807, 2.05) is 55.6 Å². The van der Waals surface area contributed by atoms with Crippen LogP contribution in [0, 0.1) is 0 Å². The standard InChI is InChI=1S/C22H17Cl2N3/c1-27(14-15-7-3-2-4-8-15)22-18-9-5-6-10-20(18)25-21(26-22)17-12-11-16(23)13-19(17)24/h2-13H,14H2,1H3. The van der Waals surface area contributed by atoms with Crippen molar-refractivity contribution in [3.63, 3.8) is 0 Å². The van der Waals surface area contributed by atoms with Crippen LogP contribution in [-0.4, -0.2) is 17.0 Å². The van der Waals surface area contributed by atoms with E-state index in [4.69, 9.17) is 33.2 Å². The van der Waals surface area contributed by atoms with Crippen LogP contribution in [0.4, 0.5) is 5.82 Å². The first-order valence-corrected chi connectivity index (χ1v) is 9.34. The van der Waals surface area contributed by atoms with E-state index in [1.54, 1.807) is 12.1 Å². The van der Waals surface area contributed by atoms with Gasteiger partial charge in [0, 0.05) is 29.6 Å². The number of aromatic nitrogens is 2. The van der Waals surface area contributed by atoms with Crippen molar-refractivity contribution in [2.45, 2.75) is 6.54 Å². The van der Waals surface area contributed by atoms with Crippen LogP contribution < -0.4 is 4.90 Å². The van der Waals surface area contributed by atoms with Gasteiger partial charge in [-0.2, -0.15) is 0 Å². The molecule has 1 aromatic heterocycles. The molecule has 0 spiro atoms. The van der Waals surface area contributed by atoms with Crippen LogP contribution in [-0.2, 0) is 6.54 Å². The maximum Gasteiger partial charge on any atom is 0.163 e. The summed E-state index contributed by atoms with van der Waals surface area (Å²) in [5, 5.41) is 2.13. The molecule has 0 N–H and O–H groups in total. The second kappa shape index (κ2) is 7.55. The van der Waals surface area contributed by atoms with E-state index >= 15 is 0 Å². The van der Waals surface area contributed by atoms with Crippen molar-refractivity contribution < 1.29 is 0 Å². The van der Waals surface area contributed by atoms with Crippen molar-refractivity contribution in [1.29, 1.82) is 0 Å². The molecule has 0 amide bonds. The highest BCUT2D eigenvalue weighted by atomic mass is 35.5. The lowest BCUT2D eigenvalue weighted by Gasteiger charge is -2.21. The number of fused-ring (bicyclic) bond motifs is 1. The van der Waals surface area contributed by atoms with Crippen molar-refractivity contribution in [2.75, 3.05) is 11.9 Å². The Labute approximate surface area is 168 Å². The highest BCUT2D eigenvalue weighted by molar-refractivity contribution is 6.36. The van der Waals surface area contributed by atoms with Gasteiger partial charge in [-0.3, -0.25) is 0 Å². The maximum atomic E-state index is 6.40. The zero-order valence-electron chi connectivity index (χ0n) is 14.7. The molecule has 0 bridgehead atoms. The normalized spacial score (nSPS) is 10.9. The number of anilines is 1. The molecule has 0 aliphatic carbocycles. The molecule has 134 valence electrons. The number of para-hydroxylation sites is 1. The molecule has 0 unspecified atom stereocenters. The summed E-state index contributed by atoms with van der Waals surface area (Å²) in [4.78, 5) is 11.7. The Balaban J connectivity index is 1.83. The zero-order valence-corrected chi connectivity index (χ0v) is 16.2. The Kier molecular flexibility index (Phi) is 4.97. The van der Waals surface area contributed by atoms with Gasteiger partial charge in [0.25, 0.3) is 0 Å². The third-order valence-corrected chi connectivity index (χ3v) is 4.93. The first-order chi connectivity index (χ1) is 13.1. The summed E-state index contributed by atoms with van der Waals surface area (Å²) < 4.78 is 0. The molecular weight excluding hydrogens is 377 g/mol. The van der Waals surface area contributed by atoms with Crippen molar-refractivity contribution in [2.24, 2.45) is 0 Å². The topological polar surface area (TPSA) is 29.0 Å². The molecule has 4 rings (SSSR count). The van der Waals surface area contributed by atoms with Gasteiger partial charge in [0.1, 0.15) is 5.82 Å².